The van der Waals surface area contributed by atoms with E-state index in [1.807, 2.05) is 0 Å². The Hall–Kier alpha value is -2.65. The van der Waals surface area contributed by atoms with Gasteiger partial charge in [0.25, 0.3) is 0 Å². The standard InChI is InChI=1S/C10H6F4N4O2/c11-5-1-2-6(15)17-8(5)18-7(10(12,13)14)4(3-16-18)9(19)20/h1-3H,(H2,15,17)(H,19,20). The highest BCUT2D eigenvalue weighted by atomic mass is 19.4. The van der Waals surface area contributed by atoms with Crippen molar-refractivity contribution in [1.29, 1.82) is 0 Å². The molecule has 2 aromatic heterocycles. The third-order valence-corrected chi connectivity index (χ3v) is 2.32. The van der Waals surface area contributed by atoms with Crippen LogP contribution >= 0.6 is 0 Å². The molecular weight excluding hydrogens is 284 g/mol. The van der Waals surface area contributed by atoms with Crippen LogP contribution in [0.5, 0.6) is 0 Å². The second kappa shape index (κ2) is 4.47. The zero-order valence-electron chi connectivity index (χ0n) is 9.52. The summed E-state index contributed by atoms with van der Waals surface area (Å²) >= 11 is 0. The highest BCUT2D eigenvalue weighted by Gasteiger charge is 2.41. The van der Waals surface area contributed by atoms with Crippen LogP contribution < -0.4 is 5.73 Å². The number of hydrogen-bond donors (Lipinski definition) is 2. The predicted octanol–water partition coefficient (Wildman–Crippen LogP) is 1.71. The molecule has 0 fully saturated rings. The van der Waals surface area contributed by atoms with E-state index in [1.54, 1.807) is 0 Å². The van der Waals surface area contributed by atoms with Crippen molar-refractivity contribution in [3.63, 3.8) is 0 Å². The van der Waals surface area contributed by atoms with Crippen LogP contribution in [0.3, 0.4) is 0 Å². The first kappa shape index (κ1) is 13.8. The minimum absolute atomic E-state index is 0.0646. The van der Waals surface area contributed by atoms with Gasteiger partial charge in [-0.2, -0.15) is 18.3 Å². The molecule has 0 spiro atoms. The average molecular weight is 290 g/mol. The monoisotopic (exact) mass is 290 g/mol. The molecule has 2 rings (SSSR count). The van der Waals surface area contributed by atoms with Gasteiger partial charge in [-0.25, -0.2) is 18.9 Å². The number of alkyl halides is 3. The Bertz CT molecular complexity index is 680. The van der Waals surface area contributed by atoms with Gasteiger partial charge >= 0.3 is 12.1 Å². The van der Waals surface area contributed by atoms with Crippen molar-refractivity contribution < 1.29 is 27.5 Å². The molecule has 10 heteroatoms. The van der Waals surface area contributed by atoms with E-state index in [0.29, 0.717) is 6.20 Å². The van der Waals surface area contributed by atoms with Gasteiger partial charge in [-0.1, -0.05) is 0 Å². The summed E-state index contributed by atoms with van der Waals surface area (Å²) in [6.45, 7) is 0. The molecule has 0 bridgehead atoms. The van der Waals surface area contributed by atoms with Crippen molar-refractivity contribution in [2.24, 2.45) is 0 Å². The van der Waals surface area contributed by atoms with E-state index in [0.717, 1.165) is 12.1 Å². The number of nitrogens with zero attached hydrogens (tertiary/aromatic N) is 3. The van der Waals surface area contributed by atoms with Crippen LogP contribution in [-0.4, -0.2) is 25.8 Å². The minimum Gasteiger partial charge on any atom is -0.478 e. The number of hydrogen-bond acceptors (Lipinski definition) is 4. The zero-order valence-corrected chi connectivity index (χ0v) is 9.52. The smallest absolute Gasteiger partial charge is 0.434 e. The fraction of sp³-hybridized carbons (Fsp3) is 0.100. The Morgan fingerprint density at radius 1 is 1.35 bits per heavy atom. The van der Waals surface area contributed by atoms with Gasteiger partial charge in [-0.3, -0.25) is 0 Å². The van der Waals surface area contributed by atoms with Crippen LogP contribution in [0.4, 0.5) is 23.4 Å². The van der Waals surface area contributed by atoms with Gasteiger partial charge in [-0.15, -0.1) is 0 Å². The largest absolute Gasteiger partial charge is 0.478 e. The summed E-state index contributed by atoms with van der Waals surface area (Å²) in [5, 5.41) is 12.0. The summed E-state index contributed by atoms with van der Waals surface area (Å²) < 4.78 is 52.3. The molecule has 106 valence electrons. The molecule has 3 N–H and O–H groups in total. The number of pyridine rings is 1. The summed E-state index contributed by atoms with van der Waals surface area (Å²) in [7, 11) is 0. The number of nitrogens with two attached hydrogens (primary N) is 1. The summed E-state index contributed by atoms with van der Waals surface area (Å²) in [4.78, 5) is 14.2. The number of aromatic nitrogens is 3. The summed E-state index contributed by atoms with van der Waals surface area (Å²) in [5.74, 6) is -4.02. The van der Waals surface area contributed by atoms with Gasteiger partial charge in [0.1, 0.15) is 11.4 Å². The lowest BCUT2D eigenvalue weighted by atomic mass is 10.2. The first-order chi connectivity index (χ1) is 9.21. The lowest BCUT2D eigenvalue weighted by Gasteiger charge is -2.11. The highest BCUT2D eigenvalue weighted by Crippen LogP contribution is 2.33. The lowest BCUT2D eigenvalue weighted by Crippen LogP contribution is -2.19. The van der Waals surface area contributed by atoms with Gasteiger partial charge in [0, 0.05) is 0 Å². The maximum atomic E-state index is 13.5. The maximum Gasteiger partial charge on any atom is 0.434 e. The number of rotatable bonds is 2. The average Bonchev–Trinajstić information content (AvgIpc) is 2.76. The minimum atomic E-state index is -5.05. The van der Waals surface area contributed by atoms with Crippen LogP contribution in [0, 0.1) is 5.82 Å². The molecule has 0 aliphatic heterocycles. The Morgan fingerprint density at radius 3 is 2.55 bits per heavy atom. The number of carbonyl (C=O) groups is 1. The molecule has 0 saturated heterocycles. The Labute approximate surface area is 108 Å². The number of anilines is 1. The second-order valence-electron chi connectivity index (χ2n) is 3.66. The van der Waals surface area contributed by atoms with Crippen LogP contribution in [-0.2, 0) is 6.18 Å². The molecule has 0 aliphatic rings. The molecule has 0 unspecified atom stereocenters. The van der Waals surface area contributed by atoms with E-state index < -0.39 is 35.0 Å². The maximum absolute atomic E-state index is 13.5. The van der Waals surface area contributed by atoms with E-state index in [9.17, 15) is 22.4 Å². The molecule has 0 aliphatic carbocycles. The third kappa shape index (κ3) is 2.27. The van der Waals surface area contributed by atoms with Gasteiger partial charge in [0.2, 0.25) is 0 Å². The van der Waals surface area contributed by atoms with E-state index in [4.69, 9.17) is 10.8 Å². The van der Waals surface area contributed by atoms with Crippen molar-refractivity contribution in [3.8, 4) is 5.82 Å². The molecule has 0 atom stereocenters. The Balaban J connectivity index is 2.75. The number of halogens is 4. The summed E-state index contributed by atoms with van der Waals surface area (Å²) in [6, 6.07) is 1.85. The molecule has 0 amide bonds. The molecule has 0 radical (unpaired) electrons. The van der Waals surface area contributed by atoms with Crippen LogP contribution in [0.15, 0.2) is 18.3 Å². The van der Waals surface area contributed by atoms with Crippen molar-refractivity contribution in [2.75, 3.05) is 5.73 Å². The predicted molar refractivity (Wildman–Crippen MR) is 57.7 cm³/mol. The van der Waals surface area contributed by atoms with Crippen LogP contribution in [0.1, 0.15) is 16.1 Å². The highest BCUT2D eigenvalue weighted by molar-refractivity contribution is 5.89. The Kier molecular flexibility index (Phi) is 3.08. The second-order valence-corrected chi connectivity index (χ2v) is 3.66. The molecular formula is C10H6F4N4O2. The van der Waals surface area contributed by atoms with E-state index in [1.165, 1.54) is 0 Å². The molecule has 6 nitrogen and oxygen atoms in total. The van der Waals surface area contributed by atoms with Crippen LogP contribution in [0.25, 0.3) is 5.82 Å². The van der Waals surface area contributed by atoms with E-state index in [-0.39, 0.29) is 10.5 Å². The van der Waals surface area contributed by atoms with E-state index in [2.05, 4.69) is 10.1 Å². The fourth-order valence-corrected chi connectivity index (χ4v) is 1.53. The zero-order chi connectivity index (χ0) is 15.1. The van der Waals surface area contributed by atoms with Crippen molar-refractivity contribution in [1.82, 2.24) is 14.8 Å². The normalized spacial score (nSPS) is 11.6. The van der Waals surface area contributed by atoms with E-state index >= 15 is 0 Å². The molecule has 0 aromatic carbocycles. The molecule has 2 heterocycles. The lowest BCUT2D eigenvalue weighted by molar-refractivity contribution is -0.143. The number of nitrogen functional groups attached to an aromatic ring is 1. The first-order valence-corrected chi connectivity index (χ1v) is 5.02. The van der Waals surface area contributed by atoms with Crippen LogP contribution in [0.2, 0.25) is 0 Å². The van der Waals surface area contributed by atoms with Gasteiger partial charge in [0.15, 0.2) is 17.3 Å². The number of aromatic carboxylic acids is 1. The Morgan fingerprint density at radius 2 is 2.00 bits per heavy atom. The molecule has 0 saturated carbocycles. The SMILES string of the molecule is Nc1ccc(F)c(-n2ncc(C(=O)O)c2C(F)(F)F)n1. The summed E-state index contributed by atoms with van der Waals surface area (Å²) in [6.07, 6.45) is -4.58. The quantitative estimate of drug-likeness (QED) is 0.821. The van der Waals surface area contributed by atoms with Gasteiger partial charge < -0.3 is 10.8 Å². The number of carboxylic acids is 1. The van der Waals surface area contributed by atoms with Gasteiger partial charge in [-0.05, 0) is 12.1 Å². The van der Waals surface area contributed by atoms with Gasteiger partial charge in [0.05, 0.1) is 6.20 Å². The molecule has 20 heavy (non-hydrogen) atoms. The fourth-order valence-electron chi connectivity index (χ4n) is 1.53. The van der Waals surface area contributed by atoms with Crippen molar-refractivity contribution in [2.45, 2.75) is 6.18 Å². The van der Waals surface area contributed by atoms with Crippen molar-refractivity contribution >= 4 is 11.8 Å². The number of carboxylic acid groups (broad SMARTS) is 1. The molecule has 2 aromatic rings. The topological polar surface area (TPSA) is 94.0 Å². The first-order valence-electron chi connectivity index (χ1n) is 5.02. The van der Waals surface area contributed by atoms with Crippen molar-refractivity contribution in [3.05, 3.63) is 35.4 Å². The third-order valence-electron chi connectivity index (χ3n) is 2.32. The summed E-state index contributed by atoms with van der Waals surface area (Å²) in [5.41, 5.74) is 2.53.